The summed E-state index contributed by atoms with van der Waals surface area (Å²) >= 11 is 0. The first-order valence-electron chi connectivity index (χ1n) is 19.5. The third-order valence-corrected chi connectivity index (χ3v) is 12.0. The number of allylic oxidation sites excluding steroid dienone is 5. The Hall–Kier alpha value is -6.84. The van der Waals surface area contributed by atoms with Gasteiger partial charge < -0.3 is 13.6 Å². The Morgan fingerprint density at radius 3 is 1.84 bits per heavy atom. The van der Waals surface area contributed by atoms with Crippen LogP contribution in [0.15, 0.2) is 168 Å². The topological polar surface area (TPSA) is 23.0 Å². The number of para-hydroxylation sites is 3. The standard InChI is InChI=1S/C52H36N2O/c1-3-15-33(16-4-1)49-50-41-29-27-35(53-45-23-11-7-19-37(45)38-20-8-12-24-46(38)53)31-43(41)44-32-36(28-30-42(44)52(50)55-51(49)34-17-5-2-6-18-34)54-47-25-13-9-21-39(47)40-22-10-14-26-48(40)54/h1-3,5-11,13-15,17-23,25-32H,4,12,16,24H2. The van der Waals surface area contributed by atoms with Gasteiger partial charge in [0.15, 0.2) is 0 Å². The molecule has 2 aliphatic carbocycles. The van der Waals surface area contributed by atoms with Crippen LogP contribution < -0.4 is 0 Å². The van der Waals surface area contributed by atoms with E-state index >= 15 is 0 Å². The Bertz CT molecular complexity index is 3250. The fourth-order valence-corrected chi connectivity index (χ4v) is 9.66. The fraction of sp³-hybridized carbons (Fsp3) is 0.0769. The first kappa shape index (κ1) is 30.6. The van der Waals surface area contributed by atoms with Crippen LogP contribution in [-0.4, -0.2) is 9.13 Å². The Morgan fingerprint density at radius 1 is 0.491 bits per heavy atom. The molecule has 10 aromatic rings. The molecule has 0 saturated heterocycles. The molecule has 0 saturated carbocycles. The molecule has 3 heteroatoms. The molecule has 260 valence electrons. The van der Waals surface area contributed by atoms with Crippen LogP contribution >= 0.6 is 0 Å². The van der Waals surface area contributed by atoms with Crippen LogP contribution in [0.25, 0.3) is 99.6 Å². The van der Waals surface area contributed by atoms with Gasteiger partial charge in [-0.2, -0.15) is 0 Å². The monoisotopic (exact) mass is 704 g/mol. The molecule has 0 fully saturated rings. The molecule has 0 spiro atoms. The zero-order valence-electron chi connectivity index (χ0n) is 30.3. The van der Waals surface area contributed by atoms with Gasteiger partial charge in [-0.3, -0.25) is 0 Å². The molecule has 55 heavy (non-hydrogen) atoms. The molecule has 0 amide bonds. The molecule has 3 nitrogen and oxygen atoms in total. The predicted octanol–water partition coefficient (Wildman–Crippen LogP) is 14.1. The average Bonchev–Trinajstić information content (AvgIpc) is 3.93. The summed E-state index contributed by atoms with van der Waals surface area (Å²) in [6.45, 7) is 0. The number of aromatic nitrogens is 2. The molecule has 0 N–H and O–H groups in total. The highest BCUT2D eigenvalue weighted by Gasteiger charge is 2.26. The number of furan rings is 1. The van der Waals surface area contributed by atoms with Crippen molar-refractivity contribution in [1.82, 2.24) is 9.13 Å². The molecule has 0 radical (unpaired) electrons. The maximum atomic E-state index is 7.18. The van der Waals surface area contributed by atoms with Crippen molar-refractivity contribution in [2.24, 2.45) is 0 Å². The van der Waals surface area contributed by atoms with E-state index in [1.165, 1.54) is 82.3 Å². The second-order valence-electron chi connectivity index (χ2n) is 15.0. The van der Waals surface area contributed by atoms with Crippen molar-refractivity contribution in [3.63, 3.8) is 0 Å². The normalized spacial score (nSPS) is 14.2. The van der Waals surface area contributed by atoms with E-state index < -0.39 is 0 Å². The lowest BCUT2D eigenvalue weighted by Crippen LogP contribution is -2.03. The molecule has 3 heterocycles. The van der Waals surface area contributed by atoms with Crippen molar-refractivity contribution in [3.05, 3.63) is 181 Å². The first-order chi connectivity index (χ1) is 27.3. The Balaban J connectivity index is 1.23. The van der Waals surface area contributed by atoms with Gasteiger partial charge in [0.1, 0.15) is 11.3 Å². The summed E-state index contributed by atoms with van der Waals surface area (Å²) in [6.07, 6.45) is 15.5. The molecule has 0 atom stereocenters. The summed E-state index contributed by atoms with van der Waals surface area (Å²) in [5, 5.41) is 9.79. The van der Waals surface area contributed by atoms with E-state index in [1.54, 1.807) is 0 Å². The van der Waals surface area contributed by atoms with Crippen molar-refractivity contribution in [3.8, 4) is 22.7 Å². The number of benzene rings is 7. The summed E-state index contributed by atoms with van der Waals surface area (Å²) in [5.74, 6) is 0.943. The van der Waals surface area contributed by atoms with Crippen LogP contribution in [0.5, 0.6) is 0 Å². The second-order valence-corrected chi connectivity index (χ2v) is 15.0. The highest BCUT2D eigenvalue weighted by atomic mass is 16.3. The number of hydrogen-bond acceptors (Lipinski definition) is 1. The van der Waals surface area contributed by atoms with Crippen molar-refractivity contribution < 1.29 is 4.42 Å². The van der Waals surface area contributed by atoms with Gasteiger partial charge >= 0.3 is 0 Å². The van der Waals surface area contributed by atoms with Crippen LogP contribution in [0.1, 0.15) is 36.1 Å². The second kappa shape index (κ2) is 11.8. The van der Waals surface area contributed by atoms with Gasteiger partial charge in [0.25, 0.3) is 0 Å². The molecule has 0 unspecified atom stereocenters. The van der Waals surface area contributed by atoms with Gasteiger partial charge in [0, 0.05) is 60.7 Å². The van der Waals surface area contributed by atoms with Crippen molar-refractivity contribution in [1.29, 1.82) is 0 Å². The maximum absolute atomic E-state index is 7.18. The minimum Gasteiger partial charge on any atom is -0.455 e. The Morgan fingerprint density at radius 2 is 1.11 bits per heavy atom. The Labute approximate surface area is 318 Å². The van der Waals surface area contributed by atoms with Crippen LogP contribution in [0.2, 0.25) is 0 Å². The quantitative estimate of drug-likeness (QED) is 0.167. The molecular weight excluding hydrogens is 669 g/mol. The largest absolute Gasteiger partial charge is 0.455 e. The van der Waals surface area contributed by atoms with E-state index in [0.717, 1.165) is 53.7 Å². The maximum Gasteiger partial charge on any atom is 0.143 e. The van der Waals surface area contributed by atoms with E-state index in [-0.39, 0.29) is 0 Å². The van der Waals surface area contributed by atoms with Crippen molar-refractivity contribution in [2.45, 2.75) is 25.7 Å². The van der Waals surface area contributed by atoms with Crippen LogP contribution in [-0.2, 0) is 6.42 Å². The smallest absolute Gasteiger partial charge is 0.143 e. The average molecular weight is 705 g/mol. The van der Waals surface area contributed by atoms with E-state index in [9.17, 15) is 0 Å². The highest BCUT2D eigenvalue weighted by molar-refractivity contribution is 6.28. The van der Waals surface area contributed by atoms with Gasteiger partial charge in [-0.05, 0) is 95.9 Å². The Kier molecular flexibility index (Phi) is 6.58. The molecule has 2 aliphatic rings. The van der Waals surface area contributed by atoms with E-state index in [4.69, 9.17) is 4.42 Å². The molecular formula is C52H36N2O. The molecule has 7 aromatic carbocycles. The first-order valence-corrected chi connectivity index (χ1v) is 19.5. The summed E-state index contributed by atoms with van der Waals surface area (Å²) in [7, 11) is 0. The van der Waals surface area contributed by atoms with E-state index in [1.807, 2.05) is 0 Å². The van der Waals surface area contributed by atoms with E-state index in [2.05, 4.69) is 179 Å². The van der Waals surface area contributed by atoms with Gasteiger partial charge in [-0.15, -0.1) is 0 Å². The zero-order valence-corrected chi connectivity index (χ0v) is 30.3. The minimum absolute atomic E-state index is 0.943. The number of fused-ring (bicyclic) bond motifs is 12. The third kappa shape index (κ3) is 4.44. The van der Waals surface area contributed by atoms with Crippen LogP contribution in [0.3, 0.4) is 0 Å². The van der Waals surface area contributed by atoms with Gasteiger partial charge in [-0.1, -0.05) is 121 Å². The molecule has 3 aromatic heterocycles. The van der Waals surface area contributed by atoms with Crippen molar-refractivity contribution >= 4 is 76.9 Å². The summed E-state index contributed by atoms with van der Waals surface area (Å²) in [6, 6.07) is 51.2. The third-order valence-electron chi connectivity index (χ3n) is 12.0. The molecule has 0 bridgehead atoms. The molecule has 0 aliphatic heterocycles. The lowest BCUT2D eigenvalue weighted by molar-refractivity contribution is 0.634. The van der Waals surface area contributed by atoms with Crippen LogP contribution in [0.4, 0.5) is 0 Å². The van der Waals surface area contributed by atoms with Gasteiger partial charge in [0.05, 0.1) is 16.6 Å². The van der Waals surface area contributed by atoms with Crippen molar-refractivity contribution in [2.75, 3.05) is 0 Å². The fourth-order valence-electron chi connectivity index (χ4n) is 9.66. The summed E-state index contributed by atoms with van der Waals surface area (Å²) in [5.41, 5.74) is 13.3. The van der Waals surface area contributed by atoms with Gasteiger partial charge in [0.2, 0.25) is 0 Å². The highest BCUT2D eigenvalue weighted by Crippen LogP contribution is 2.48. The SMILES string of the molecule is C1=CCCC(c2c(-c3ccccc3)oc3c4ccc(-n5c6ccccc6c6ccccc65)cc4c4cc(-n5c6c(c7ccccc75)C=CCC6)ccc4c23)=C1. The summed E-state index contributed by atoms with van der Waals surface area (Å²) in [4.78, 5) is 0. The van der Waals surface area contributed by atoms with Crippen LogP contribution in [0, 0.1) is 0 Å². The lowest BCUT2D eigenvalue weighted by atomic mass is 9.89. The predicted molar refractivity (Wildman–Crippen MR) is 232 cm³/mol. The number of hydrogen-bond donors (Lipinski definition) is 0. The number of rotatable bonds is 4. The van der Waals surface area contributed by atoms with E-state index in [0.29, 0.717) is 0 Å². The lowest BCUT2D eigenvalue weighted by Gasteiger charge is -2.17. The molecule has 12 rings (SSSR count). The number of nitrogens with zero attached hydrogens (tertiary/aromatic N) is 2. The summed E-state index contributed by atoms with van der Waals surface area (Å²) < 4.78 is 12.1. The zero-order chi connectivity index (χ0) is 36.0. The van der Waals surface area contributed by atoms with Gasteiger partial charge in [-0.25, -0.2) is 0 Å². The minimum atomic E-state index is 0.943.